The molecule has 3 nitrogen and oxygen atoms in total. The zero-order valence-electron chi connectivity index (χ0n) is 4.09. The first-order valence-electron chi connectivity index (χ1n) is 1.80. The summed E-state index contributed by atoms with van der Waals surface area (Å²) in [7, 11) is 0. The first-order valence-corrected chi connectivity index (χ1v) is 1.80. The molecule has 39 valence electrons. The smallest absolute Gasteiger partial charge is 0.135 e. The Labute approximate surface area is 71.4 Å². The molecule has 8 heavy (non-hydrogen) atoms. The van der Waals surface area contributed by atoms with Gasteiger partial charge in [0.15, 0.2) is 0 Å². The molecule has 0 aliphatic carbocycles. The van der Waals surface area contributed by atoms with Crippen LogP contribution >= 0.6 is 0 Å². The third-order valence-electron chi connectivity index (χ3n) is 0.542. The number of hydrogen-bond acceptors (Lipinski definition) is 2. The van der Waals surface area contributed by atoms with Crippen molar-refractivity contribution in [3.8, 4) is 0 Å². The molecule has 1 heterocycles. The van der Waals surface area contributed by atoms with Gasteiger partial charge < -0.3 is 14.8 Å². The van der Waals surface area contributed by atoms with Crippen LogP contribution in [0.3, 0.4) is 0 Å². The Hall–Kier alpha value is -0.0161. The van der Waals surface area contributed by atoms with Crippen LogP contribution in [0.1, 0.15) is 0 Å². The van der Waals surface area contributed by atoms with Gasteiger partial charge in [-0.2, -0.15) is 0 Å². The van der Waals surface area contributed by atoms with E-state index in [0.717, 1.165) is 0 Å². The predicted octanol–water partition coefficient (Wildman–Crippen LogP) is -0.432. The van der Waals surface area contributed by atoms with Crippen LogP contribution in [-0.2, 0) is 32.7 Å². The van der Waals surface area contributed by atoms with Crippen molar-refractivity contribution in [3.05, 3.63) is 28.9 Å². The van der Waals surface area contributed by atoms with Crippen molar-refractivity contribution in [2.24, 2.45) is 0 Å². The van der Waals surface area contributed by atoms with Gasteiger partial charge in [0.25, 0.3) is 0 Å². The summed E-state index contributed by atoms with van der Waals surface area (Å²) in [6.45, 7) is 0. The Morgan fingerprint density at radius 1 is 1.75 bits per heavy atom. The summed E-state index contributed by atoms with van der Waals surface area (Å²) in [5, 5.41) is 0. The summed E-state index contributed by atoms with van der Waals surface area (Å²) >= 11 is 0. The van der Waals surface area contributed by atoms with E-state index in [9.17, 15) is 4.79 Å². The Balaban J connectivity index is 0.000000490. The molecule has 1 rings (SSSR count). The van der Waals surface area contributed by atoms with Gasteiger partial charge in [0.1, 0.15) is 5.56 Å². The number of aromatic nitrogens is 2. The fourth-order valence-corrected chi connectivity index (χ4v) is 0.271. The van der Waals surface area contributed by atoms with Gasteiger partial charge in [-0.15, -0.1) is 0 Å². The van der Waals surface area contributed by atoms with E-state index >= 15 is 0 Å². The van der Waals surface area contributed by atoms with E-state index in [1.807, 2.05) is 0 Å². The molecule has 0 unspecified atom stereocenters. The first-order chi connectivity index (χ1) is 3.39. The zero-order valence-corrected chi connectivity index (χ0v) is 6.93. The molecule has 0 atom stereocenters. The third kappa shape index (κ3) is 2.33. The van der Waals surface area contributed by atoms with Crippen molar-refractivity contribution in [1.29, 1.82) is 0 Å². The minimum atomic E-state index is -0.171. The second-order valence-corrected chi connectivity index (χ2v) is 1.04. The number of nitrogens with one attached hydrogen (secondary N) is 1. The van der Waals surface area contributed by atoms with Crippen molar-refractivity contribution >= 4 is 0 Å². The van der Waals surface area contributed by atoms with Gasteiger partial charge in [0, 0.05) is 32.7 Å². The minimum absolute atomic E-state index is 0. The van der Waals surface area contributed by atoms with Crippen LogP contribution in [-0.4, -0.2) is 9.97 Å². The Morgan fingerprint density at radius 3 is 2.75 bits per heavy atom. The van der Waals surface area contributed by atoms with E-state index in [1.165, 1.54) is 12.4 Å². The monoisotopic (exact) mass is 184 g/mol. The number of hydrogen-bond donors (Lipinski definition) is 1. The fourth-order valence-electron chi connectivity index (χ4n) is 0.271. The first kappa shape index (κ1) is 7.98. The minimum Gasteiger partial charge on any atom is -0.419 e. The second kappa shape index (κ2) is 3.92. The van der Waals surface area contributed by atoms with E-state index in [0.29, 0.717) is 0 Å². The Bertz CT molecular complexity index is 180. The maximum Gasteiger partial charge on any atom is 0.135 e. The zero-order chi connectivity index (χ0) is 5.11. The number of aromatic amines is 1. The van der Waals surface area contributed by atoms with Crippen molar-refractivity contribution < 1.29 is 32.7 Å². The van der Waals surface area contributed by atoms with Gasteiger partial charge in [-0.3, -0.25) is 0 Å². The van der Waals surface area contributed by atoms with Crippen molar-refractivity contribution in [2.45, 2.75) is 0 Å². The summed E-state index contributed by atoms with van der Waals surface area (Å²) in [5.41, 5.74) is -0.171. The summed E-state index contributed by atoms with van der Waals surface area (Å²) < 4.78 is 0. The molecule has 1 N–H and O–H groups in total. The average molecular weight is 184 g/mol. The van der Waals surface area contributed by atoms with E-state index in [2.05, 4.69) is 16.2 Å². The predicted molar refractivity (Wildman–Crippen MR) is 23.7 cm³/mol. The molecule has 1 aromatic heterocycles. The number of rotatable bonds is 0. The van der Waals surface area contributed by atoms with Gasteiger partial charge >= 0.3 is 0 Å². The second-order valence-electron chi connectivity index (χ2n) is 1.04. The average Bonchev–Trinajstić information content (AvgIpc) is 1.69. The van der Waals surface area contributed by atoms with Crippen LogP contribution in [0.4, 0.5) is 0 Å². The largest absolute Gasteiger partial charge is 0.419 e. The molecule has 0 fully saturated rings. The molecule has 0 spiro atoms. The Morgan fingerprint density at radius 2 is 2.50 bits per heavy atom. The van der Waals surface area contributed by atoms with Crippen LogP contribution in [0.25, 0.3) is 0 Å². The van der Waals surface area contributed by atoms with Crippen molar-refractivity contribution in [2.75, 3.05) is 0 Å². The Kier molecular flexibility index (Phi) is 3.92. The number of nitrogens with zero attached hydrogens (tertiary/aromatic N) is 1. The van der Waals surface area contributed by atoms with Crippen LogP contribution < -0.4 is 5.56 Å². The molecule has 0 saturated carbocycles. The van der Waals surface area contributed by atoms with Crippen molar-refractivity contribution in [1.82, 2.24) is 9.97 Å². The maximum absolute atomic E-state index is 10.1. The summed E-state index contributed by atoms with van der Waals surface area (Å²) in [5.74, 6) is 0. The molecule has 0 saturated heterocycles. The summed E-state index contributed by atoms with van der Waals surface area (Å²) in [6, 6.07) is 1.24. The van der Waals surface area contributed by atoms with Gasteiger partial charge in [-0.25, -0.2) is 0 Å². The molecule has 4 heteroatoms. The maximum atomic E-state index is 10.1. The van der Waals surface area contributed by atoms with Crippen LogP contribution in [0.5, 0.6) is 0 Å². The van der Waals surface area contributed by atoms with E-state index < -0.39 is 0 Å². The molecule has 0 aliphatic heterocycles. The molecule has 0 bridgehead atoms. The standard InChI is InChI=1S/C4H3N2O.Y/c7-4-1-2-5-3-6-4;/h1,3H,(H,5,6,7);/q-1;. The van der Waals surface area contributed by atoms with Crippen molar-refractivity contribution in [3.63, 3.8) is 0 Å². The molecular weight excluding hydrogens is 181 g/mol. The van der Waals surface area contributed by atoms with Gasteiger partial charge in [-0.05, 0) is 6.33 Å². The van der Waals surface area contributed by atoms with Gasteiger partial charge in [0.2, 0.25) is 0 Å². The van der Waals surface area contributed by atoms with Crippen LogP contribution in [0.2, 0.25) is 0 Å². The topological polar surface area (TPSA) is 45.8 Å². The molecule has 0 aromatic carbocycles. The molecular formula is C4H3N2OY-. The third-order valence-corrected chi connectivity index (χ3v) is 0.542. The SMILES string of the molecule is O=c1c[c-]nc[nH]1.[Y]. The quantitative estimate of drug-likeness (QED) is 0.556. The van der Waals surface area contributed by atoms with Gasteiger partial charge in [0.05, 0.1) is 0 Å². The van der Waals surface area contributed by atoms with E-state index in [-0.39, 0.29) is 38.3 Å². The summed E-state index contributed by atoms with van der Waals surface area (Å²) in [6.07, 6.45) is 3.66. The molecule has 0 amide bonds. The normalized spacial score (nSPS) is 7.50. The molecule has 1 radical (unpaired) electrons. The van der Waals surface area contributed by atoms with Gasteiger partial charge in [-0.1, -0.05) is 12.3 Å². The molecule has 1 aromatic rings. The van der Waals surface area contributed by atoms with Crippen LogP contribution in [0.15, 0.2) is 17.2 Å². The number of H-pyrrole nitrogens is 1. The van der Waals surface area contributed by atoms with Crippen LogP contribution in [0, 0.1) is 6.20 Å². The summed E-state index contributed by atoms with van der Waals surface area (Å²) in [4.78, 5) is 15.9. The fraction of sp³-hybridized carbons (Fsp3) is 0. The van der Waals surface area contributed by atoms with E-state index in [4.69, 9.17) is 0 Å². The van der Waals surface area contributed by atoms with E-state index in [1.54, 1.807) is 0 Å². The molecule has 0 aliphatic rings.